The summed E-state index contributed by atoms with van der Waals surface area (Å²) in [7, 11) is 1.77. The number of likely N-dealkylation sites (tertiary alicyclic amines) is 1. The van der Waals surface area contributed by atoms with Crippen LogP contribution < -0.4 is 11.1 Å². The SMILES string of the molecule is Cc1nc(Cn2nc3n(c(=O)c2=O)C[C@@]2(CCN(C(=O)c4ccn(C)n4)C2)C3)cs1. The van der Waals surface area contributed by atoms with E-state index in [2.05, 4.69) is 15.2 Å². The maximum atomic E-state index is 12.8. The van der Waals surface area contributed by atoms with E-state index in [9.17, 15) is 14.4 Å². The highest BCUT2D eigenvalue weighted by atomic mass is 32.1. The van der Waals surface area contributed by atoms with Crippen LogP contribution in [-0.2, 0) is 26.6 Å². The zero-order chi connectivity index (χ0) is 21.0. The molecule has 0 saturated carbocycles. The number of thiazole rings is 1. The number of aryl methyl sites for hydroxylation is 2. The Morgan fingerprint density at radius 2 is 2.07 bits per heavy atom. The summed E-state index contributed by atoms with van der Waals surface area (Å²) in [6, 6.07) is 1.70. The van der Waals surface area contributed by atoms with E-state index in [0.717, 1.165) is 17.1 Å². The molecule has 0 N–H and O–H groups in total. The Morgan fingerprint density at radius 3 is 2.77 bits per heavy atom. The summed E-state index contributed by atoms with van der Waals surface area (Å²) in [5, 5.41) is 11.4. The topological polar surface area (TPSA) is 108 Å². The van der Waals surface area contributed by atoms with Crippen LogP contribution in [0.2, 0.25) is 0 Å². The minimum Gasteiger partial charge on any atom is -0.337 e. The summed E-state index contributed by atoms with van der Waals surface area (Å²) in [5.41, 5.74) is -0.332. The fraction of sp³-hybridized carbons (Fsp3) is 0.474. The first-order chi connectivity index (χ1) is 14.3. The molecule has 1 fully saturated rings. The molecule has 0 unspecified atom stereocenters. The average Bonchev–Trinajstić information content (AvgIpc) is 3.48. The minimum atomic E-state index is -0.638. The van der Waals surface area contributed by atoms with Crippen LogP contribution in [0, 0.1) is 12.3 Å². The average molecular weight is 427 g/mol. The standard InChI is InChI=1S/C19H21N7O3S/c1-12-20-13(9-30-12)8-26-18(29)17(28)25-11-19(7-15(25)22-26)4-6-24(10-19)16(27)14-3-5-23(2)21-14/h3,5,9H,4,6-8,10-11H2,1-2H3/t19-/m0/s1. The Bertz CT molecular complexity index is 1270. The van der Waals surface area contributed by atoms with Crippen molar-refractivity contribution in [3.05, 3.63) is 60.6 Å². The third-order valence-electron chi connectivity index (χ3n) is 5.87. The zero-order valence-electron chi connectivity index (χ0n) is 16.7. The molecule has 1 spiro atoms. The Labute approximate surface area is 175 Å². The zero-order valence-corrected chi connectivity index (χ0v) is 17.6. The maximum Gasteiger partial charge on any atom is 0.332 e. The van der Waals surface area contributed by atoms with Crippen molar-refractivity contribution < 1.29 is 4.79 Å². The lowest BCUT2D eigenvalue weighted by Crippen LogP contribution is -2.43. The molecule has 1 amide bonds. The Balaban J connectivity index is 1.39. The molecule has 11 heteroatoms. The third kappa shape index (κ3) is 3.09. The van der Waals surface area contributed by atoms with E-state index >= 15 is 0 Å². The van der Waals surface area contributed by atoms with E-state index in [1.54, 1.807) is 28.9 Å². The van der Waals surface area contributed by atoms with Crippen molar-refractivity contribution >= 4 is 17.2 Å². The molecule has 10 nitrogen and oxygen atoms in total. The number of hydrogen-bond acceptors (Lipinski definition) is 7. The number of fused-ring (bicyclic) bond motifs is 1. The molecule has 2 aliphatic rings. The van der Waals surface area contributed by atoms with Crippen molar-refractivity contribution in [1.29, 1.82) is 0 Å². The highest BCUT2D eigenvalue weighted by Gasteiger charge is 2.46. The van der Waals surface area contributed by atoms with Gasteiger partial charge in [0.2, 0.25) is 0 Å². The third-order valence-corrected chi connectivity index (χ3v) is 6.70. The van der Waals surface area contributed by atoms with Gasteiger partial charge < -0.3 is 4.90 Å². The smallest absolute Gasteiger partial charge is 0.332 e. The van der Waals surface area contributed by atoms with Gasteiger partial charge in [0.15, 0.2) is 0 Å². The molecule has 3 aromatic rings. The van der Waals surface area contributed by atoms with Gasteiger partial charge in [0.05, 0.1) is 17.2 Å². The normalized spacial score (nSPS) is 20.3. The van der Waals surface area contributed by atoms with Gasteiger partial charge in [0.1, 0.15) is 11.5 Å². The van der Waals surface area contributed by atoms with Crippen molar-refractivity contribution in [2.75, 3.05) is 13.1 Å². The van der Waals surface area contributed by atoms with Crippen molar-refractivity contribution in [1.82, 2.24) is 34.0 Å². The van der Waals surface area contributed by atoms with Crippen LogP contribution in [-0.4, -0.2) is 53.0 Å². The lowest BCUT2D eigenvalue weighted by Gasteiger charge is -2.22. The monoisotopic (exact) mass is 427 g/mol. The van der Waals surface area contributed by atoms with Crippen LogP contribution in [0.5, 0.6) is 0 Å². The van der Waals surface area contributed by atoms with E-state index in [1.165, 1.54) is 20.6 Å². The van der Waals surface area contributed by atoms with Crippen LogP contribution >= 0.6 is 11.3 Å². The van der Waals surface area contributed by atoms with Gasteiger partial charge in [-0.25, -0.2) is 9.67 Å². The van der Waals surface area contributed by atoms with E-state index in [4.69, 9.17) is 0 Å². The molecule has 1 saturated heterocycles. The summed E-state index contributed by atoms with van der Waals surface area (Å²) >= 11 is 1.50. The first kappa shape index (κ1) is 18.9. The summed E-state index contributed by atoms with van der Waals surface area (Å²) in [4.78, 5) is 44.2. The highest BCUT2D eigenvalue weighted by molar-refractivity contribution is 7.09. The number of carbonyl (C=O) groups is 1. The van der Waals surface area contributed by atoms with E-state index in [1.807, 2.05) is 12.3 Å². The maximum absolute atomic E-state index is 12.8. The molecular formula is C19H21N7O3S. The molecule has 2 aliphatic heterocycles. The number of rotatable bonds is 3. The summed E-state index contributed by atoms with van der Waals surface area (Å²) in [6.45, 7) is 3.60. The number of aromatic nitrogens is 6. The lowest BCUT2D eigenvalue weighted by atomic mass is 9.86. The fourth-order valence-corrected chi connectivity index (χ4v) is 5.02. The second kappa shape index (κ2) is 6.73. The van der Waals surface area contributed by atoms with Gasteiger partial charge >= 0.3 is 11.1 Å². The minimum absolute atomic E-state index is 0.109. The second-order valence-corrected chi connectivity index (χ2v) is 9.22. The summed E-state index contributed by atoms with van der Waals surface area (Å²) < 4.78 is 4.31. The molecule has 3 aromatic heterocycles. The molecule has 1 atom stereocenters. The number of amides is 1. The number of nitrogens with zero attached hydrogens (tertiary/aromatic N) is 7. The van der Waals surface area contributed by atoms with E-state index in [-0.39, 0.29) is 17.9 Å². The lowest BCUT2D eigenvalue weighted by molar-refractivity contribution is 0.0765. The summed E-state index contributed by atoms with van der Waals surface area (Å²) in [5.74, 6) is 0.487. The van der Waals surface area contributed by atoms with Crippen LogP contribution in [0.15, 0.2) is 27.2 Å². The molecule has 156 valence electrons. The fourth-order valence-electron chi connectivity index (χ4n) is 4.42. The number of hydrogen-bond donors (Lipinski definition) is 0. The molecular weight excluding hydrogens is 406 g/mol. The van der Waals surface area contributed by atoms with Gasteiger partial charge in [0, 0.05) is 50.1 Å². The second-order valence-electron chi connectivity index (χ2n) is 8.16. The van der Waals surface area contributed by atoms with E-state index in [0.29, 0.717) is 37.6 Å². The molecule has 0 aromatic carbocycles. The van der Waals surface area contributed by atoms with Crippen molar-refractivity contribution in [3.63, 3.8) is 0 Å². The van der Waals surface area contributed by atoms with Gasteiger partial charge in [-0.2, -0.15) is 10.2 Å². The number of carbonyl (C=O) groups excluding carboxylic acids is 1. The predicted molar refractivity (Wildman–Crippen MR) is 109 cm³/mol. The first-order valence-corrected chi connectivity index (χ1v) is 10.6. The molecule has 30 heavy (non-hydrogen) atoms. The van der Waals surface area contributed by atoms with Crippen LogP contribution in [0.1, 0.15) is 33.4 Å². The quantitative estimate of drug-likeness (QED) is 0.546. The van der Waals surface area contributed by atoms with Gasteiger partial charge in [-0.05, 0) is 19.4 Å². The Hall–Kier alpha value is -3.08. The summed E-state index contributed by atoms with van der Waals surface area (Å²) in [6.07, 6.45) is 3.06. The van der Waals surface area contributed by atoms with E-state index < -0.39 is 11.1 Å². The van der Waals surface area contributed by atoms with Crippen LogP contribution in [0.4, 0.5) is 0 Å². The molecule has 0 radical (unpaired) electrons. The Morgan fingerprint density at radius 1 is 1.23 bits per heavy atom. The molecule has 5 heterocycles. The highest BCUT2D eigenvalue weighted by Crippen LogP contribution is 2.39. The van der Waals surface area contributed by atoms with Gasteiger partial charge in [-0.15, -0.1) is 11.3 Å². The van der Waals surface area contributed by atoms with Crippen LogP contribution in [0.3, 0.4) is 0 Å². The van der Waals surface area contributed by atoms with Crippen molar-refractivity contribution in [2.45, 2.75) is 32.9 Å². The van der Waals surface area contributed by atoms with Crippen molar-refractivity contribution in [3.8, 4) is 0 Å². The van der Waals surface area contributed by atoms with Gasteiger partial charge in [0.25, 0.3) is 5.91 Å². The molecule has 0 bridgehead atoms. The predicted octanol–water partition coefficient (Wildman–Crippen LogP) is 0.0403. The van der Waals surface area contributed by atoms with Gasteiger partial charge in [-0.1, -0.05) is 0 Å². The largest absolute Gasteiger partial charge is 0.337 e. The Kier molecular flexibility index (Phi) is 4.24. The molecule has 5 rings (SSSR count). The molecule has 0 aliphatic carbocycles. The van der Waals surface area contributed by atoms with Gasteiger partial charge in [-0.3, -0.25) is 23.6 Å². The van der Waals surface area contributed by atoms with Crippen LogP contribution in [0.25, 0.3) is 0 Å². The van der Waals surface area contributed by atoms with Crippen molar-refractivity contribution in [2.24, 2.45) is 12.5 Å². The first-order valence-electron chi connectivity index (χ1n) is 9.74.